The molecule has 1 amide bonds. The largest absolute Gasteiger partial charge is 0.444 e. The summed E-state index contributed by atoms with van der Waals surface area (Å²) in [6, 6.07) is 0.252. The second-order valence-corrected chi connectivity index (χ2v) is 7.09. The zero-order valence-corrected chi connectivity index (χ0v) is 12.5. The molecule has 110 valence electrons. The highest BCUT2D eigenvalue weighted by atomic mass is 16.6. The fourth-order valence-corrected chi connectivity index (χ4v) is 3.38. The smallest absolute Gasteiger partial charge is 0.410 e. The summed E-state index contributed by atoms with van der Waals surface area (Å²) in [6.45, 7) is 7.25. The van der Waals surface area contributed by atoms with Gasteiger partial charge in [-0.1, -0.05) is 25.7 Å². The van der Waals surface area contributed by atoms with Gasteiger partial charge in [-0.05, 0) is 39.0 Å². The van der Waals surface area contributed by atoms with Crippen molar-refractivity contribution in [3.05, 3.63) is 0 Å². The summed E-state index contributed by atoms with van der Waals surface area (Å²) in [4.78, 5) is 14.0. The second kappa shape index (κ2) is 5.70. The average molecular weight is 268 g/mol. The Morgan fingerprint density at radius 3 is 2.42 bits per heavy atom. The molecule has 0 bridgehead atoms. The van der Waals surface area contributed by atoms with Crippen LogP contribution in [0.3, 0.4) is 0 Å². The summed E-state index contributed by atoms with van der Waals surface area (Å²) in [5.41, 5.74) is 5.85. The van der Waals surface area contributed by atoms with Gasteiger partial charge in [-0.25, -0.2) is 4.79 Å². The van der Waals surface area contributed by atoms with Crippen molar-refractivity contribution in [2.45, 2.75) is 64.5 Å². The molecule has 2 rings (SSSR count). The molecule has 1 saturated carbocycles. The number of piperidine rings is 1. The van der Waals surface area contributed by atoms with Crippen LogP contribution in [-0.2, 0) is 4.74 Å². The number of ether oxygens (including phenoxy) is 1. The molecule has 2 aliphatic rings. The van der Waals surface area contributed by atoms with Crippen LogP contribution < -0.4 is 5.73 Å². The van der Waals surface area contributed by atoms with E-state index in [4.69, 9.17) is 10.5 Å². The van der Waals surface area contributed by atoms with E-state index in [0.29, 0.717) is 11.8 Å². The number of amides is 1. The van der Waals surface area contributed by atoms with Gasteiger partial charge in [0, 0.05) is 19.1 Å². The third kappa shape index (κ3) is 3.85. The van der Waals surface area contributed by atoms with Crippen molar-refractivity contribution in [3.63, 3.8) is 0 Å². The third-order valence-corrected chi connectivity index (χ3v) is 4.37. The lowest BCUT2D eigenvalue weighted by Gasteiger charge is -2.40. The Morgan fingerprint density at radius 1 is 1.21 bits per heavy atom. The zero-order chi connectivity index (χ0) is 14.0. The Kier molecular flexibility index (Phi) is 4.39. The topological polar surface area (TPSA) is 55.6 Å². The van der Waals surface area contributed by atoms with Gasteiger partial charge in [-0.3, -0.25) is 0 Å². The quantitative estimate of drug-likeness (QED) is 0.795. The van der Waals surface area contributed by atoms with E-state index < -0.39 is 5.60 Å². The van der Waals surface area contributed by atoms with Crippen LogP contribution in [0.2, 0.25) is 0 Å². The Bertz CT molecular complexity index is 319. The van der Waals surface area contributed by atoms with Gasteiger partial charge < -0.3 is 15.4 Å². The van der Waals surface area contributed by atoms with Crippen molar-refractivity contribution < 1.29 is 9.53 Å². The van der Waals surface area contributed by atoms with E-state index in [1.165, 1.54) is 25.7 Å². The maximum Gasteiger partial charge on any atom is 0.410 e. The van der Waals surface area contributed by atoms with Crippen molar-refractivity contribution in [1.82, 2.24) is 4.90 Å². The molecule has 2 fully saturated rings. The zero-order valence-electron chi connectivity index (χ0n) is 12.5. The Balaban J connectivity index is 1.94. The number of carbonyl (C=O) groups excluding carboxylic acids is 1. The van der Waals surface area contributed by atoms with Crippen LogP contribution >= 0.6 is 0 Å². The van der Waals surface area contributed by atoms with Gasteiger partial charge in [0.05, 0.1) is 0 Å². The minimum absolute atomic E-state index is 0.178. The molecule has 0 radical (unpaired) electrons. The van der Waals surface area contributed by atoms with Gasteiger partial charge in [0.2, 0.25) is 0 Å². The molecule has 1 heterocycles. The van der Waals surface area contributed by atoms with Crippen molar-refractivity contribution in [1.29, 1.82) is 0 Å². The van der Waals surface area contributed by atoms with E-state index >= 15 is 0 Å². The van der Waals surface area contributed by atoms with E-state index in [1.54, 1.807) is 0 Å². The number of likely N-dealkylation sites (tertiary alicyclic amines) is 1. The van der Waals surface area contributed by atoms with Crippen LogP contribution in [0.4, 0.5) is 4.79 Å². The maximum atomic E-state index is 12.1. The molecule has 1 aliphatic heterocycles. The summed E-state index contributed by atoms with van der Waals surface area (Å²) in [6.07, 6.45) is 5.92. The highest BCUT2D eigenvalue weighted by Crippen LogP contribution is 2.35. The minimum atomic E-state index is -0.417. The van der Waals surface area contributed by atoms with Crippen LogP contribution in [-0.4, -0.2) is 35.7 Å². The van der Waals surface area contributed by atoms with Gasteiger partial charge in [-0.2, -0.15) is 0 Å². The number of nitrogens with zero attached hydrogens (tertiary/aromatic N) is 1. The molecule has 0 aromatic heterocycles. The molecular formula is C15H28N2O2. The highest BCUT2D eigenvalue weighted by molar-refractivity contribution is 5.68. The first-order chi connectivity index (χ1) is 8.87. The Morgan fingerprint density at radius 2 is 1.84 bits per heavy atom. The highest BCUT2D eigenvalue weighted by Gasteiger charge is 2.36. The number of nitrogens with two attached hydrogens (primary N) is 1. The molecule has 0 aromatic rings. The van der Waals surface area contributed by atoms with Crippen molar-refractivity contribution >= 4 is 6.09 Å². The minimum Gasteiger partial charge on any atom is -0.444 e. The SMILES string of the molecule is CC(C)(C)OC(=O)N1CCC(N)C(C2CCCC2)C1. The number of hydrogen-bond donors (Lipinski definition) is 1. The lowest BCUT2D eigenvalue weighted by Crippen LogP contribution is -2.52. The van der Waals surface area contributed by atoms with Crippen LogP contribution in [0, 0.1) is 11.8 Å². The Labute approximate surface area is 116 Å². The standard InChI is InChI=1S/C15H28N2O2/c1-15(2,3)19-14(18)17-9-8-13(16)12(10-17)11-6-4-5-7-11/h11-13H,4-10,16H2,1-3H3. The fraction of sp³-hybridized carbons (Fsp3) is 0.933. The molecule has 1 saturated heterocycles. The molecule has 2 unspecified atom stereocenters. The maximum absolute atomic E-state index is 12.1. The third-order valence-electron chi connectivity index (χ3n) is 4.37. The van der Waals surface area contributed by atoms with Gasteiger partial charge in [0.25, 0.3) is 0 Å². The van der Waals surface area contributed by atoms with Crippen molar-refractivity contribution in [2.24, 2.45) is 17.6 Å². The van der Waals surface area contributed by atoms with E-state index in [0.717, 1.165) is 19.5 Å². The predicted octanol–water partition coefficient (Wildman–Crippen LogP) is 2.76. The summed E-state index contributed by atoms with van der Waals surface area (Å²) in [7, 11) is 0. The molecule has 2 N–H and O–H groups in total. The fourth-order valence-electron chi connectivity index (χ4n) is 3.38. The summed E-state index contributed by atoms with van der Waals surface area (Å²) in [5, 5.41) is 0. The van der Waals surface area contributed by atoms with Crippen molar-refractivity contribution in [2.75, 3.05) is 13.1 Å². The number of rotatable bonds is 1. The molecule has 4 heteroatoms. The first-order valence-corrected chi connectivity index (χ1v) is 7.60. The normalized spacial score (nSPS) is 29.6. The van der Waals surface area contributed by atoms with Crippen LogP contribution in [0.1, 0.15) is 52.9 Å². The summed E-state index contributed by atoms with van der Waals surface area (Å²) in [5.74, 6) is 1.17. The number of hydrogen-bond acceptors (Lipinski definition) is 3. The van der Waals surface area contributed by atoms with Crippen LogP contribution in [0.5, 0.6) is 0 Å². The van der Waals surface area contributed by atoms with Crippen LogP contribution in [0.25, 0.3) is 0 Å². The monoisotopic (exact) mass is 268 g/mol. The van der Waals surface area contributed by atoms with Gasteiger partial charge in [-0.15, -0.1) is 0 Å². The van der Waals surface area contributed by atoms with Gasteiger partial charge >= 0.3 is 6.09 Å². The van der Waals surface area contributed by atoms with E-state index in [-0.39, 0.29) is 12.1 Å². The molecule has 4 nitrogen and oxygen atoms in total. The van der Waals surface area contributed by atoms with E-state index in [2.05, 4.69) is 0 Å². The first kappa shape index (κ1) is 14.6. The second-order valence-electron chi connectivity index (χ2n) is 7.09. The molecule has 0 spiro atoms. The molecule has 19 heavy (non-hydrogen) atoms. The average Bonchev–Trinajstić information content (AvgIpc) is 2.80. The molecule has 1 aliphatic carbocycles. The lowest BCUT2D eigenvalue weighted by atomic mass is 9.81. The first-order valence-electron chi connectivity index (χ1n) is 7.60. The van der Waals surface area contributed by atoms with E-state index in [1.807, 2.05) is 25.7 Å². The molecule has 2 atom stereocenters. The molecular weight excluding hydrogens is 240 g/mol. The van der Waals surface area contributed by atoms with Crippen LogP contribution in [0.15, 0.2) is 0 Å². The molecule has 0 aromatic carbocycles. The lowest BCUT2D eigenvalue weighted by molar-refractivity contribution is 0.0106. The summed E-state index contributed by atoms with van der Waals surface area (Å²) < 4.78 is 5.47. The summed E-state index contributed by atoms with van der Waals surface area (Å²) >= 11 is 0. The van der Waals surface area contributed by atoms with E-state index in [9.17, 15) is 4.79 Å². The van der Waals surface area contributed by atoms with Gasteiger partial charge in [0.15, 0.2) is 0 Å². The van der Waals surface area contributed by atoms with Gasteiger partial charge in [0.1, 0.15) is 5.60 Å². The predicted molar refractivity (Wildman–Crippen MR) is 75.8 cm³/mol. The van der Waals surface area contributed by atoms with Crippen molar-refractivity contribution in [3.8, 4) is 0 Å². The Hall–Kier alpha value is -0.770. The number of carbonyl (C=O) groups is 1.